The van der Waals surface area contributed by atoms with Gasteiger partial charge in [-0.05, 0) is 39.9 Å². The first-order chi connectivity index (χ1) is 7.20. The molecular weight excluding hydrogens is 194 g/mol. The number of unbranched alkanes of at least 4 members (excludes halogenated alkanes) is 3. The second-order valence-electron chi connectivity index (χ2n) is 3.80. The lowest BCUT2D eigenvalue weighted by Gasteiger charge is -2.08. The molecule has 5 nitrogen and oxygen atoms in total. The van der Waals surface area contributed by atoms with Crippen molar-refractivity contribution in [2.24, 2.45) is 10.3 Å². The summed E-state index contributed by atoms with van der Waals surface area (Å²) < 4.78 is 0. The molecule has 0 aliphatic heterocycles. The van der Waals surface area contributed by atoms with Crippen LogP contribution in [0.3, 0.4) is 0 Å². The van der Waals surface area contributed by atoms with Gasteiger partial charge >= 0.3 is 0 Å². The summed E-state index contributed by atoms with van der Waals surface area (Å²) in [6, 6.07) is 0. The molecule has 15 heavy (non-hydrogen) atoms. The third-order valence-corrected chi connectivity index (χ3v) is 2.12. The summed E-state index contributed by atoms with van der Waals surface area (Å²) in [7, 11) is 4.13. The highest BCUT2D eigenvalue weighted by Gasteiger charge is 1.97. The molecule has 0 aromatic heterocycles. The molecule has 0 bridgehead atoms. The van der Waals surface area contributed by atoms with Gasteiger partial charge in [-0.2, -0.15) is 0 Å². The molecule has 0 spiro atoms. The quantitative estimate of drug-likeness (QED) is 0.281. The summed E-state index contributed by atoms with van der Waals surface area (Å²) in [5.74, 6) is 0. The predicted molar refractivity (Wildman–Crippen MR) is 61.1 cm³/mol. The Morgan fingerprint density at radius 3 is 2.33 bits per heavy atom. The van der Waals surface area contributed by atoms with Crippen LogP contribution in [0.2, 0.25) is 0 Å². The van der Waals surface area contributed by atoms with Crippen LogP contribution in [0.25, 0.3) is 0 Å². The number of hydrogen-bond acceptors (Lipinski definition) is 5. The van der Waals surface area contributed by atoms with E-state index in [2.05, 4.69) is 29.3 Å². The lowest BCUT2D eigenvalue weighted by molar-refractivity contribution is 0.314. The highest BCUT2D eigenvalue weighted by atomic mass is 16.4. The zero-order valence-corrected chi connectivity index (χ0v) is 9.56. The van der Waals surface area contributed by atoms with Crippen LogP contribution in [0.1, 0.15) is 32.1 Å². The van der Waals surface area contributed by atoms with Gasteiger partial charge in [0.1, 0.15) is 5.71 Å². The Hall–Kier alpha value is -1.10. The van der Waals surface area contributed by atoms with Crippen LogP contribution in [-0.2, 0) is 0 Å². The zero-order chi connectivity index (χ0) is 11.5. The first kappa shape index (κ1) is 13.9. The van der Waals surface area contributed by atoms with Gasteiger partial charge in [-0.1, -0.05) is 23.2 Å². The highest BCUT2D eigenvalue weighted by Crippen LogP contribution is 2.04. The molecule has 88 valence electrons. The molecule has 0 unspecified atom stereocenters. The Balaban J connectivity index is 3.37. The minimum absolute atomic E-state index is 0.421. The summed E-state index contributed by atoms with van der Waals surface area (Å²) in [5, 5.41) is 22.6. The summed E-state index contributed by atoms with van der Waals surface area (Å²) in [6.45, 7) is 1.11. The van der Waals surface area contributed by atoms with E-state index < -0.39 is 0 Å². The van der Waals surface area contributed by atoms with Crippen LogP contribution in [0, 0.1) is 0 Å². The van der Waals surface area contributed by atoms with E-state index in [1.807, 2.05) is 0 Å². The maximum absolute atomic E-state index is 8.51. The van der Waals surface area contributed by atoms with Crippen LogP contribution in [-0.4, -0.2) is 47.9 Å². The van der Waals surface area contributed by atoms with Crippen molar-refractivity contribution >= 4 is 11.9 Å². The molecule has 0 amide bonds. The van der Waals surface area contributed by atoms with Crippen LogP contribution < -0.4 is 0 Å². The van der Waals surface area contributed by atoms with E-state index in [0.29, 0.717) is 12.1 Å². The molecule has 0 aliphatic carbocycles. The fourth-order valence-electron chi connectivity index (χ4n) is 1.29. The topological polar surface area (TPSA) is 68.4 Å². The molecule has 0 saturated heterocycles. The second-order valence-corrected chi connectivity index (χ2v) is 3.80. The number of hydrogen-bond donors (Lipinski definition) is 2. The van der Waals surface area contributed by atoms with Gasteiger partial charge in [0.05, 0.1) is 6.21 Å². The van der Waals surface area contributed by atoms with Gasteiger partial charge in [-0.15, -0.1) is 0 Å². The van der Waals surface area contributed by atoms with Gasteiger partial charge in [0, 0.05) is 0 Å². The van der Waals surface area contributed by atoms with E-state index in [1.54, 1.807) is 0 Å². The summed E-state index contributed by atoms with van der Waals surface area (Å²) in [4.78, 5) is 2.17. The van der Waals surface area contributed by atoms with Crippen LogP contribution in [0.4, 0.5) is 0 Å². The molecule has 0 radical (unpaired) electrons. The maximum atomic E-state index is 8.51. The third kappa shape index (κ3) is 9.21. The molecule has 2 N–H and O–H groups in total. The van der Waals surface area contributed by atoms with E-state index in [4.69, 9.17) is 10.4 Å². The van der Waals surface area contributed by atoms with Crippen LogP contribution in [0.5, 0.6) is 0 Å². The molecule has 0 aromatic carbocycles. The minimum Gasteiger partial charge on any atom is -0.411 e. The van der Waals surface area contributed by atoms with Crippen molar-refractivity contribution in [3.8, 4) is 0 Å². The fourth-order valence-corrected chi connectivity index (χ4v) is 1.29. The van der Waals surface area contributed by atoms with Crippen LogP contribution in [0.15, 0.2) is 10.3 Å². The van der Waals surface area contributed by atoms with Crippen LogP contribution >= 0.6 is 0 Å². The summed E-state index contributed by atoms with van der Waals surface area (Å²) in [6.07, 6.45) is 6.24. The largest absolute Gasteiger partial charge is 0.411 e. The van der Waals surface area contributed by atoms with Crippen molar-refractivity contribution in [3.63, 3.8) is 0 Å². The minimum atomic E-state index is 0.421. The number of rotatable bonds is 8. The third-order valence-electron chi connectivity index (χ3n) is 2.12. The maximum Gasteiger partial charge on any atom is 0.101 e. The summed E-state index contributed by atoms with van der Waals surface area (Å²) in [5.41, 5.74) is 0.421. The monoisotopic (exact) mass is 215 g/mol. The zero-order valence-electron chi connectivity index (χ0n) is 9.56. The molecule has 5 heteroatoms. The Bertz CT molecular complexity index is 203. The lowest BCUT2D eigenvalue weighted by atomic mass is 10.1. The Morgan fingerprint density at radius 1 is 1.13 bits per heavy atom. The molecule has 0 atom stereocenters. The molecule has 0 aromatic rings. The fraction of sp³-hybridized carbons (Fsp3) is 0.800. The van der Waals surface area contributed by atoms with E-state index in [1.165, 1.54) is 19.1 Å². The number of nitrogens with zero attached hydrogens (tertiary/aromatic N) is 3. The van der Waals surface area contributed by atoms with Gasteiger partial charge in [0.15, 0.2) is 0 Å². The van der Waals surface area contributed by atoms with Gasteiger partial charge in [0.25, 0.3) is 0 Å². The molecule has 0 fully saturated rings. The van der Waals surface area contributed by atoms with Crippen molar-refractivity contribution in [2.45, 2.75) is 32.1 Å². The smallest absolute Gasteiger partial charge is 0.101 e. The second kappa shape index (κ2) is 9.45. The summed E-state index contributed by atoms with van der Waals surface area (Å²) >= 11 is 0. The number of oxime groups is 2. The Labute approximate surface area is 91.1 Å². The highest BCUT2D eigenvalue weighted by molar-refractivity contribution is 6.30. The van der Waals surface area contributed by atoms with Crippen molar-refractivity contribution < 1.29 is 10.4 Å². The standard InChI is InChI=1S/C10H21N3O2/c1-13(2)8-6-4-3-5-7-10(12-15)9-11-14/h9,14-15H,3-8H2,1-2H3/b11-9-,12-10+. The SMILES string of the molecule is CN(C)CCCCCCC(/C=N\O)=N\O. The first-order valence-corrected chi connectivity index (χ1v) is 5.23. The van der Waals surface area contributed by atoms with Crippen molar-refractivity contribution in [1.29, 1.82) is 0 Å². The lowest BCUT2D eigenvalue weighted by Crippen LogP contribution is -2.12. The van der Waals surface area contributed by atoms with E-state index in [-0.39, 0.29) is 0 Å². The Kier molecular flexibility index (Phi) is 8.76. The van der Waals surface area contributed by atoms with Crippen molar-refractivity contribution in [1.82, 2.24) is 4.90 Å². The predicted octanol–water partition coefficient (Wildman–Crippen LogP) is 1.79. The molecular formula is C10H21N3O2. The molecule has 0 aliphatic rings. The van der Waals surface area contributed by atoms with Crippen molar-refractivity contribution in [3.05, 3.63) is 0 Å². The van der Waals surface area contributed by atoms with Gasteiger partial charge in [-0.3, -0.25) is 0 Å². The van der Waals surface area contributed by atoms with Gasteiger partial charge in [-0.25, -0.2) is 0 Å². The van der Waals surface area contributed by atoms with Gasteiger partial charge in [0.2, 0.25) is 0 Å². The van der Waals surface area contributed by atoms with Crippen molar-refractivity contribution in [2.75, 3.05) is 20.6 Å². The normalized spacial score (nSPS) is 12.9. The first-order valence-electron chi connectivity index (χ1n) is 5.23. The molecule has 0 heterocycles. The van der Waals surface area contributed by atoms with Gasteiger partial charge < -0.3 is 15.3 Å². The van der Waals surface area contributed by atoms with E-state index >= 15 is 0 Å². The van der Waals surface area contributed by atoms with E-state index in [0.717, 1.165) is 19.4 Å². The average molecular weight is 215 g/mol. The molecule has 0 rings (SSSR count). The Morgan fingerprint density at radius 2 is 1.80 bits per heavy atom. The van der Waals surface area contributed by atoms with E-state index in [9.17, 15) is 0 Å². The molecule has 0 saturated carbocycles. The average Bonchev–Trinajstić information content (AvgIpc) is 2.21.